The Kier molecular flexibility index (Phi) is 11.7. The van der Waals surface area contributed by atoms with Gasteiger partial charge in [0.15, 0.2) is 5.71 Å². The lowest BCUT2D eigenvalue weighted by atomic mass is 9.79. The predicted octanol–water partition coefficient (Wildman–Crippen LogP) is 12.4. The molecule has 0 atom stereocenters. The van der Waals surface area contributed by atoms with Crippen LogP contribution in [0.5, 0.6) is 0 Å². The van der Waals surface area contributed by atoms with E-state index in [1.807, 2.05) is 54.6 Å². The molecule has 0 fully saturated rings. The van der Waals surface area contributed by atoms with Gasteiger partial charge in [-0.3, -0.25) is 0 Å². The maximum Gasteiger partial charge on any atom is 0.210 e. The second kappa shape index (κ2) is 17.2. The Morgan fingerprint density at radius 1 is 0.631 bits per heavy atom. The van der Waals surface area contributed by atoms with Crippen molar-refractivity contribution in [2.24, 2.45) is 0 Å². The molecule has 2 aliphatic heterocycles. The molecule has 0 N–H and O–H groups in total. The lowest BCUT2D eigenvalue weighted by Gasteiger charge is -2.27. The molecule has 0 bridgehead atoms. The third-order valence-corrected chi connectivity index (χ3v) is 16.3. The molecule has 0 saturated heterocycles. The van der Waals surface area contributed by atoms with Crippen molar-refractivity contribution in [3.8, 4) is 0 Å². The van der Waals surface area contributed by atoms with E-state index in [2.05, 4.69) is 117 Å². The van der Waals surface area contributed by atoms with Gasteiger partial charge >= 0.3 is 0 Å². The SMILES string of the molecule is CCCCC[N+]1=C(/C=C/C2=C(S(=O)(=O)c3ccccc3)C(=C/C=C3/N(CCCCS(=O)(=O)[O-])c4ccc5ccccc5c4C3(C)C)/c3ccccc32)C(C)(C)c2c1ccc1ccccc21. The Morgan fingerprint density at radius 3 is 1.95 bits per heavy atom. The normalized spacial score (nSPS) is 17.9. The third-order valence-electron chi connectivity index (χ3n) is 13.7. The van der Waals surface area contributed by atoms with Crippen LogP contribution in [-0.4, -0.2) is 50.5 Å². The summed E-state index contributed by atoms with van der Waals surface area (Å²) >= 11 is 0. The summed E-state index contributed by atoms with van der Waals surface area (Å²) in [5, 5.41) is 4.65. The number of sulfone groups is 1. The molecule has 1 aliphatic carbocycles. The molecule has 0 amide bonds. The van der Waals surface area contributed by atoms with Crippen LogP contribution < -0.4 is 4.90 Å². The van der Waals surface area contributed by atoms with Gasteiger partial charge in [0, 0.05) is 64.4 Å². The van der Waals surface area contributed by atoms with Crippen molar-refractivity contribution < 1.29 is 26.0 Å². The van der Waals surface area contributed by atoms with Crippen molar-refractivity contribution >= 4 is 69.7 Å². The molecule has 9 heteroatoms. The number of hydrogen-bond acceptors (Lipinski definition) is 6. The van der Waals surface area contributed by atoms with Crippen molar-refractivity contribution in [2.75, 3.05) is 23.7 Å². The van der Waals surface area contributed by atoms with Crippen LogP contribution >= 0.6 is 0 Å². The summed E-state index contributed by atoms with van der Waals surface area (Å²) in [5.41, 5.74) is 8.73. The van der Waals surface area contributed by atoms with Crippen molar-refractivity contribution in [3.05, 3.63) is 185 Å². The highest BCUT2D eigenvalue weighted by Gasteiger charge is 2.46. The molecule has 0 spiro atoms. The van der Waals surface area contributed by atoms with E-state index in [1.54, 1.807) is 24.3 Å². The summed E-state index contributed by atoms with van der Waals surface area (Å²) in [6.07, 6.45) is 12.2. The van der Waals surface area contributed by atoms with Crippen molar-refractivity contribution in [1.82, 2.24) is 0 Å². The number of benzene rings is 6. The molecule has 9 rings (SSSR count). The van der Waals surface area contributed by atoms with Gasteiger partial charge in [-0.05, 0) is 108 Å². The molecular formula is C56H56N2O5S2. The quantitative estimate of drug-likeness (QED) is 0.0613. The minimum Gasteiger partial charge on any atom is -0.748 e. The second-order valence-corrected chi connectivity index (χ2v) is 22.0. The second-order valence-electron chi connectivity index (χ2n) is 18.5. The molecule has 2 heterocycles. The minimum atomic E-state index is -4.36. The first-order valence-electron chi connectivity index (χ1n) is 22.8. The van der Waals surface area contributed by atoms with E-state index in [9.17, 15) is 13.0 Å². The number of hydrogen-bond donors (Lipinski definition) is 0. The molecule has 0 unspecified atom stereocenters. The van der Waals surface area contributed by atoms with Gasteiger partial charge in [0.1, 0.15) is 6.54 Å². The van der Waals surface area contributed by atoms with Crippen LogP contribution in [0.1, 0.15) is 89.0 Å². The zero-order chi connectivity index (χ0) is 45.7. The van der Waals surface area contributed by atoms with Crippen molar-refractivity contribution in [2.45, 2.75) is 82.4 Å². The highest BCUT2D eigenvalue weighted by atomic mass is 32.2. The van der Waals surface area contributed by atoms with Gasteiger partial charge in [-0.25, -0.2) is 16.8 Å². The van der Waals surface area contributed by atoms with E-state index in [1.165, 1.54) is 22.0 Å². The Hall–Kier alpha value is -5.87. The third kappa shape index (κ3) is 7.91. The molecule has 332 valence electrons. The summed E-state index contributed by atoms with van der Waals surface area (Å²) in [5.74, 6) is -0.425. The van der Waals surface area contributed by atoms with Crippen LogP contribution in [0.25, 0.3) is 32.7 Å². The largest absolute Gasteiger partial charge is 0.748 e. The van der Waals surface area contributed by atoms with Gasteiger partial charge in [-0.15, -0.1) is 0 Å². The van der Waals surface area contributed by atoms with E-state index < -0.39 is 31.1 Å². The maximum atomic E-state index is 15.3. The summed E-state index contributed by atoms with van der Waals surface area (Å²) in [7, 11) is -8.44. The van der Waals surface area contributed by atoms with E-state index in [4.69, 9.17) is 0 Å². The fourth-order valence-electron chi connectivity index (χ4n) is 10.6. The Labute approximate surface area is 384 Å². The zero-order valence-corrected chi connectivity index (χ0v) is 39.5. The molecular weight excluding hydrogens is 845 g/mol. The maximum absolute atomic E-state index is 15.3. The van der Waals surface area contributed by atoms with Crippen LogP contribution in [0.15, 0.2) is 167 Å². The number of unbranched alkanes of at least 4 members (excludes halogenated alkanes) is 3. The molecule has 0 radical (unpaired) electrons. The number of fused-ring (bicyclic) bond motifs is 7. The standard InChI is InChI=1S/C56H56N2O5S2/c1-6-7-17-36-57-48-32-28-39-20-11-13-24-42(39)52(48)55(2,3)50(57)34-30-46-44-26-15-16-27-45(44)47(54(46)65(62,63)41-22-9-8-10-23-41)31-35-51-56(4,5)53-43-25-14-12-21-40(43)29-33-49(53)58(51)37-18-19-38-64(59,60)61/h8-16,20-35H,6-7,17-19,36-38H2,1-5H3. The number of anilines is 1. The Balaban J connectivity index is 1.24. The van der Waals surface area contributed by atoms with Gasteiger partial charge in [0.05, 0.1) is 25.3 Å². The Bertz CT molecular complexity index is 3260. The molecule has 65 heavy (non-hydrogen) atoms. The number of nitrogens with zero attached hydrogens (tertiary/aromatic N) is 2. The summed E-state index contributed by atoms with van der Waals surface area (Å²) in [6, 6.07) is 42.2. The van der Waals surface area contributed by atoms with Crippen molar-refractivity contribution in [3.63, 3.8) is 0 Å². The fourth-order valence-corrected chi connectivity index (χ4v) is 12.9. The molecule has 0 aromatic heterocycles. The monoisotopic (exact) mass is 900 g/mol. The van der Waals surface area contributed by atoms with Gasteiger partial charge in [0.25, 0.3) is 0 Å². The summed E-state index contributed by atoms with van der Waals surface area (Å²) in [6.45, 7) is 12.5. The van der Waals surface area contributed by atoms with Gasteiger partial charge in [-0.1, -0.05) is 130 Å². The Morgan fingerprint density at radius 2 is 1.26 bits per heavy atom. The number of allylic oxidation sites excluding steroid dienone is 7. The molecule has 6 aromatic rings. The van der Waals surface area contributed by atoms with Crippen LogP contribution in [0.2, 0.25) is 0 Å². The van der Waals surface area contributed by atoms with Gasteiger partial charge < -0.3 is 9.45 Å². The molecule has 3 aliphatic rings. The first-order valence-corrected chi connectivity index (χ1v) is 25.9. The van der Waals surface area contributed by atoms with E-state index in [0.29, 0.717) is 24.1 Å². The number of rotatable bonds is 14. The van der Waals surface area contributed by atoms with Gasteiger partial charge in [0.2, 0.25) is 15.5 Å². The first-order chi connectivity index (χ1) is 31.1. The van der Waals surface area contributed by atoms with Crippen LogP contribution in [-0.2, 0) is 30.8 Å². The van der Waals surface area contributed by atoms with Crippen LogP contribution in [0, 0.1) is 0 Å². The minimum absolute atomic E-state index is 0.219. The fraction of sp³-hybridized carbons (Fsp3) is 0.268. The van der Waals surface area contributed by atoms with Crippen LogP contribution in [0.4, 0.5) is 11.4 Å². The predicted molar refractivity (Wildman–Crippen MR) is 267 cm³/mol. The smallest absolute Gasteiger partial charge is 0.210 e. The van der Waals surface area contributed by atoms with Crippen molar-refractivity contribution in [1.29, 1.82) is 0 Å². The lowest BCUT2D eigenvalue weighted by Crippen LogP contribution is -2.28. The van der Waals surface area contributed by atoms with E-state index >= 15 is 8.42 Å². The molecule has 0 saturated carbocycles. The molecule has 7 nitrogen and oxygen atoms in total. The summed E-state index contributed by atoms with van der Waals surface area (Å²) < 4.78 is 67.9. The van der Waals surface area contributed by atoms with E-state index in [-0.39, 0.29) is 21.6 Å². The van der Waals surface area contributed by atoms with Crippen LogP contribution in [0.3, 0.4) is 0 Å². The highest BCUT2D eigenvalue weighted by molar-refractivity contribution is 7.96. The van der Waals surface area contributed by atoms with Gasteiger partial charge in [-0.2, -0.15) is 4.58 Å². The topological polar surface area (TPSA) is 97.6 Å². The summed E-state index contributed by atoms with van der Waals surface area (Å²) in [4.78, 5) is 2.69. The average Bonchev–Trinajstić information content (AvgIpc) is 3.82. The zero-order valence-electron chi connectivity index (χ0n) is 37.8. The average molecular weight is 901 g/mol. The first kappa shape index (κ1) is 44.3. The van der Waals surface area contributed by atoms with E-state index in [0.717, 1.165) is 70.4 Å². The highest BCUT2D eigenvalue weighted by Crippen LogP contribution is 2.52. The lowest BCUT2D eigenvalue weighted by molar-refractivity contribution is -0.438. The molecule has 6 aromatic carbocycles.